The summed E-state index contributed by atoms with van der Waals surface area (Å²) in [4.78, 5) is 12.4. The standard InChI is InChI=1S/C18H17NO3/c20-17(19-13-4-2-1-3-5-13)11-15-14-7-9-21-16(14)10-12-6-8-22-18(12)15/h1-5,10H,6-9,11H2,(H,19,20). The van der Waals surface area contributed by atoms with E-state index >= 15 is 0 Å². The SMILES string of the molecule is O=C(Cc1c2c(cc3c1OCC3)OCC2)Nc1ccccc1. The summed E-state index contributed by atoms with van der Waals surface area (Å²) >= 11 is 0. The second kappa shape index (κ2) is 5.37. The highest BCUT2D eigenvalue weighted by molar-refractivity contribution is 5.93. The molecule has 0 fully saturated rings. The first-order chi connectivity index (χ1) is 10.8. The molecule has 0 spiro atoms. The van der Waals surface area contributed by atoms with Gasteiger partial charge in [0, 0.05) is 35.2 Å². The van der Waals surface area contributed by atoms with E-state index in [9.17, 15) is 4.79 Å². The van der Waals surface area contributed by atoms with E-state index in [1.807, 2.05) is 30.3 Å². The van der Waals surface area contributed by atoms with E-state index in [4.69, 9.17) is 9.47 Å². The summed E-state index contributed by atoms with van der Waals surface area (Å²) in [6.07, 6.45) is 2.06. The Hall–Kier alpha value is -2.49. The first-order valence-electron chi connectivity index (χ1n) is 7.59. The molecule has 112 valence electrons. The van der Waals surface area contributed by atoms with E-state index in [1.54, 1.807) is 0 Å². The molecule has 0 saturated heterocycles. The van der Waals surface area contributed by atoms with Crippen LogP contribution in [0.4, 0.5) is 5.69 Å². The van der Waals surface area contributed by atoms with Gasteiger partial charge in [0.15, 0.2) is 0 Å². The fraction of sp³-hybridized carbons (Fsp3) is 0.278. The Bertz CT molecular complexity index is 693. The maximum absolute atomic E-state index is 12.4. The van der Waals surface area contributed by atoms with Crippen LogP contribution >= 0.6 is 0 Å². The third-order valence-corrected chi connectivity index (χ3v) is 4.16. The highest BCUT2D eigenvalue weighted by atomic mass is 16.5. The molecule has 0 atom stereocenters. The topological polar surface area (TPSA) is 47.6 Å². The minimum absolute atomic E-state index is 0.0239. The van der Waals surface area contributed by atoms with Gasteiger partial charge in [0.25, 0.3) is 0 Å². The molecule has 2 aliphatic heterocycles. The van der Waals surface area contributed by atoms with E-state index in [0.717, 1.165) is 46.7 Å². The Balaban J connectivity index is 1.62. The molecule has 4 heteroatoms. The number of fused-ring (bicyclic) bond motifs is 2. The molecule has 2 aromatic rings. The van der Waals surface area contributed by atoms with Gasteiger partial charge in [0.2, 0.25) is 5.91 Å². The summed E-state index contributed by atoms with van der Waals surface area (Å²) in [7, 11) is 0. The number of amides is 1. The predicted octanol–water partition coefficient (Wildman–Crippen LogP) is 2.74. The molecule has 4 nitrogen and oxygen atoms in total. The van der Waals surface area contributed by atoms with Gasteiger partial charge in [-0.05, 0) is 18.2 Å². The molecule has 2 aromatic carbocycles. The van der Waals surface area contributed by atoms with Crippen molar-refractivity contribution in [1.82, 2.24) is 0 Å². The number of anilines is 1. The van der Waals surface area contributed by atoms with Crippen LogP contribution in [0.2, 0.25) is 0 Å². The fourth-order valence-corrected chi connectivity index (χ4v) is 3.16. The van der Waals surface area contributed by atoms with Crippen LogP contribution in [0.3, 0.4) is 0 Å². The number of nitrogens with one attached hydrogen (secondary N) is 1. The molecular formula is C18H17NO3. The van der Waals surface area contributed by atoms with E-state index in [1.165, 1.54) is 0 Å². The zero-order chi connectivity index (χ0) is 14.9. The smallest absolute Gasteiger partial charge is 0.228 e. The zero-order valence-electron chi connectivity index (χ0n) is 12.2. The van der Waals surface area contributed by atoms with Gasteiger partial charge in [0.1, 0.15) is 11.5 Å². The van der Waals surface area contributed by atoms with Crippen LogP contribution in [0, 0.1) is 0 Å². The predicted molar refractivity (Wildman–Crippen MR) is 83.6 cm³/mol. The molecule has 0 radical (unpaired) electrons. The lowest BCUT2D eigenvalue weighted by atomic mass is 9.97. The summed E-state index contributed by atoms with van der Waals surface area (Å²) < 4.78 is 11.4. The molecule has 22 heavy (non-hydrogen) atoms. The van der Waals surface area contributed by atoms with Crippen molar-refractivity contribution in [3.8, 4) is 11.5 Å². The summed E-state index contributed by atoms with van der Waals surface area (Å²) in [5.41, 5.74) is 4.09. The molecule has 0 bridgehead atoms. The van der Waals surface area contributed by atoms with Crippen LogP contribution in [-0.4, -0.2) is 19.1 Å². The quantitative estimate of drug-likeness (QED) is 0.947. The first-order valence-corrected chi connectivity index (χ1v) is 7.59. The molecule has 0 aliphatic carbocycles. The Morgan fingerprint density at radius 2 is 1.91 bits per heavy atom. The van der Waals surface area contributed by atoms with E-state index < -0.39 is 0 Å². The van der Waals surface area contributed by atoms with Crippen LogP contribution in [0.25, 0.3) is 0 Å². The number of benzene rings is 2. The molecule has 0 saturated carbocycles. The molecule has 0 aromatic heterocycles. The highest BCUT2D eigenvalue weighted by Gasteiger charge is 2.27. The highest BCUT2D eigenvalue weighted by Crippen LogP contribution is 2.40. The average Bonchev–Trinajstić information content (AvgIpc) is 3.16. The van der Waals surface area contributed by atoms with Crippen molar-refractivity contribution in [3.05, 3.63) is 53.1 Å². The third-order valence-electron chi connectivity index (χ3n) is 4.16. The Morgan fingerprint density at radius 1 is 1.09 bits per heavy atom. The molecule has 2 aliphatic rings. The lowest BCUT2D eigenvalue weighted by Gasteiger charge is -2.13. The Morgan fingerprint density at radius 3 is 2.77 bits per heavy atom. The number of hydrogen-bond acceptors (Lipinski definition) is 3. The van der Waals surface area contributed by atoms with Gasteiger partial charge >= 0.3 is 0 Å². The maximum atomic E-state index is 12.4. The minimum Gasteiger partial charge on any atom is -0.493 e. The van der Waals surface area contributed by atoms with Crippen LogP contribution < -0.4 is 14.8 Å². The summed E-state index contributed by atoms with van der Waals surface area (Å²) in [6, 6.07) is 11.6. The van der Waals surface area contributed by atoms with Crippen molar-refractivity contribution >= 4 is 11.6 Å². The molecule has 4 rings (SSSR count). The lowest BCUT2D eigenvalue weighted by molar-refractivity contribution is -0.115. The van der Waals surface area contributed by atoms with Gasteiger partial charge in [-0.3, -0.25) is 4.79 Å². The number of ether oxygens (including phenoxy) is 2. The molecule has 1 amide bonds. The first kappa shape index (κ1) is 13.2. The van der Waals surface area contributed by atoms with Gasteiger partial charge in [-0.1, -0.05) is 18.2 Å². The van der Waals surface area contributed by atoms with Crippen LogP contribution in [0.5, 0.6) is 11.5 Å². The van der Waals surface area contributed by atoms with Gasteiger partial charge < -0.3 is 14.8 Å². The minimum atomic E-state index is -0.0239. The van der Waals surface area contributed by atoms with Gasteiger partial charge in [-0.25, -0.2) is 0 Å². The lowest BCUT2D eigenvalue weighted by Crippen LogP contribution is -2.15. The van der Waals surface area contributed by atoms with Crippen LogP contribution in [0.1, 0.15) is 16.7 Å². The molecular weight excluding hydrogens is 278 g/mol. The summed E-state index contributed by atoms with van der Waals surface area (Å²) in [6.45, 7) is 1.37. The van der Waals surface area contributed by atoms with Crippen molar-refractivity contribution in [2.45, 2.75) is 19.3 Å². The van der Waals surface area contributed by atoms with Crippen LogP contribution in [0.15, 0.2) is 36.4 Å². The van der Waals surface area contributed by atoms with E-state index in [-0.39, 0.29) is 5.91 Å². The Labute approximate surface area is 129 Å². The van der Waals surface area contributed by atoms with Gasteiger partial charge in [-0.2, -0.15) is 0 Å². The van der Waals surface area contributed by atoms with Crippen molar-refractivity contribution in [1.29, 1.82) is 0 Å². The van der Waals surface area contributed by atoms with Crippen molar-refractivity contribution < 1.29 is 14.3 Å². The van der Waals surface area contributed by atoms with Crippen LogP contribution in [-0.2, 0) is 24.1 Å². The second-order valence-electron chi connectivity index (χ2n) is 5.61. The maximum Gasteiger partial charge on any atom is 0.228 e. The zero-order valence-corrected chi connectivity index (χ0v) is 12.2. The molecule has 0 unspecified atom stereocenters. The van der Waals surface area contributed by atoms with E-state index in [0.29, 0.717) is 19.6 Å². The summed E-state index contributed by atoms with van der Waals surface area (Å²) in [5.74, 6) is 1.79. The molecule has 1 N–H and O–H groups in total. The number of hydrogen-bond donors (Lipinski definition) is 1. The molecule has 2 heterocycles. The van der Waals surface area contributed by atoms with E-state index in [2.05, 4.69) is 11.4 Å². The van der Waals surface area contributed by atoms with Gasteiger partial charge in [0.05, 0.1) is 19.6 Å². The fourth-order valence-electron chi connectivity index (χ4n) is 3.16. The van der Waals surface area contributed by atoms with Crippen molar-refractivity contribution in [3.63, 3.8) is 0 Å². The monoisotopic (exact) mass is 295 g/mol. The normalized spacial score (nSPS) is 14.7. The number of carbonyl (C=O) groups is 1. The van der Waals surface area contributed by atoms with Gasteiger partial charge in [-0.15, -0.1) is 0 Å². The summed E-state index contributed by atoms with van der Waals surface area (Å²) in [5, 5.41) is 2.94. The third kappa shape index (κ3) is 2.30. The Kier molecular flexibility index (Phi) is 3.22. The average molecular weight is 295 g/mol. The largest absolute Gasteiger partial charge is 0.493 e. The van der Waals surface area contributed by atoms with Crippen molar-refractivity contribution in [2.75, 3.05) is 18.5 Å². The number of rotatable bonds is 3. The second-order valence-corrected chi connectivity index (χ2v) is 5.61. The number of carbonyl (C=O) groups excluding carboxylic acids is 1. The van der Waals surface area contributed by atoms with Crippen molar-refractivity contribution in [2.24, 2.45) is 0 Å². The number of para-hydroxylation sites is 1.